The predicted octanol–water partition coefficient (Wildman–Crippen LogP) is 3.55. The number of carbonyl (C=O) groups excluding carboxylic acids is 2. The minimum absolute atomic E-state index is 0.0560. The SMILES string of the molecule is NC(=O)OC(CNC(=O)Cn1nc(-c2ccc(Cl)cc2)n(CC(O)C(F)(F)F)c1=O)c1cccc(Cl)c1Cl. The van der Waals surface area contributed by atoms with Gasteiger partial charge in [0.05, 0.1) is 23.1 Å². The molecule has 4 N–H and O–H groups in total. The highest BCUT2D eigenvalue weighted by molar-refractivity contribution is 6.42. The molecule has 1 heterocycles. The number of hydrogen-bond acceptors (Lipinski definition) is 6. The second-order valence-corrected chi connectivity index (χ2v) is 9.03. The first kappa shape index (κ1) is 29.3. The topological polar surface area (TPSA) is 141 Å². The van der Waals surface area contributed by atoms with E-state index in [0.717, 1.165) is 0 Å². The number of amides is 2. The van der Waals surface area contributed by atoms with Gasteiger partial charge in [0.15, 0.2) is 11.9 Å². The molecular formula is C22H19Cl3F3N5O5. The van der Waals surface area contributed by atoms with Crippen LogP contribution in [0.15, 0.2) is 47.3 Å². The van der Waals surface area contributed by atoms with Crippen LogP contribution in [0.2, 0.25) is 15.1 Å². The molecule has 2 atom stereocenters. The molecule has 0 saturated heterocycles. The molecule has 3 rings (SSSR count). The second kappa shape index (κ2) is 12.1. The third kappa shape index (κ3) is 7.19. The zero-order valence-electron chi connectivity index (χ0n) is 19.1. The highest BCUT2D eigenvalue weighted by Crippen LogP contribution is 2.31. The monoisotopic (exact) mass is 595 g/mol. The smallest absolute Gasteiger partial charge is 0.416 e. The summed E-state index contributed by atoms with van der Waals surface area (Å²) in [6.07, 6.45) is -10.2. The maximum absolute atomic E-state index is 13.0. The highest BCUT2D eigenvalue weighted by Gasteiger charge is 2.39. The van der Waals surface area contributed by atoms with Crippen molar-refractivity contribution in [3.63, 3.8) is 0 Å². The Hall–Kier alpha value is -3.26. The number of ether oxygens (including phenoxy) is 1. The van der Waals surface area contributed by atoms with Crippen LogP contribution in [0.25, 0.3) is 11.4 Å². The van der Waals surface area contributed by atoms with Gasteiger partial charge < -0.3 is 20.9 Å². The van der Waals surface area contributed by atoms with Gasteiger partial charge in [0.2, 0.25) is 5.91 Å². The van der Waals surface area contributed by atoms with Gasteiger partial charge in [-0.15, -0.1) is 5.10 Å². The number of halogens is 6. The number of aliphatic hydroxyl groups excluding tert-OH is 1. The van der Waals surface area contributed by atoms with E-state index in [1.807, 2.05) is 0 Å². The molecule has 0 fully saturated rings. The van der Waals surface area contributed by atoms with Gasteiger partial charge in [-0.3, -0.25) is 9.36 Å². The number of nitrogens with zero attached hydrogens (tertiary/aromatic N) is 3. The molecule has 1 aromatic heterocycles. The first-order valence-corrected chi connectivity index (χ1v) is 11.8. The average Bonchev–Trinajstić information content (AvgIpc) is 3.13. The molecule has 2 amide bonds. The molecule has 2 unspecified atom stereocenters. The van der Waals surface area contributed by atoms with Crippen molar-refractivity contribution in [1.82, 2.24) is 19.7 Å². The molecule has 38 heavy (non-hydrogen) atoms. The minimum atomic E-state index is -5.01. The number of alkyl halides is 3. The molecule has 0 aliphatic rings. The van der Waals surface area contributed by atoms with E-state index in [1.165, 1.54) is 42.5 Å². The van der Waals surface area contributed by atoms with E-state index in [-0.39, 0.29) is 33.5 Å². The van der Waals surface area contributed by atoms with Crippen molar-refractivity contribution in [2.45, 2.75) is 31.5 Å². The Kier molecular flexibility index (Phi) is 9.31. The fraction of sp³-hybridized carbons (Fsp3) is 0.273. The molecule has 0 saturated carbocycles. The molecular weight excluding hydrogens is 578 g/mol. The Bertz CT molecular complexity index is 1380. The molecule has 3 aromatic rings. The molecule has 2 aromatic carbocycles. The lowest BCUT2D eigenvalue weighted by Gasteiger charge is -2.19. The van der Waals surface area contributed by atoms with E-state index in [2.05, 4.69) is 10.4 Å². The largest absolute Gasteiger partial charge is 0.440 e. The fourth-order valence-corrected chi connectivity index (χ4v) is 3.88. The summed E-state index contributed by atoms with van der Waals surface area (Å²) in [6.45, 7) is -2.22. The number of hydrogen-bond donors (Lipinski definition) is 3. The number of nitrogens with two attached hydrogens (primary N) is 1. The van der Waals surface area contributed by atoms with Gasteiger partial charge in [-0.25, -0.2) is 14.3 Å². The molecule has 16 heteroatoms. The van der Waals surface area contributed by atoms with Crippen LogP contribution in [-0.4, -0.2) is 50.3 Å². The predicted molar refractivity (Wildman–Crippen MR) is 132 cm³/mol. The van der Waals surface area contributed by atoms with E-state index < -0.39 is 49.2 Å². The molecule has 204 valence electrons. The first-order valence-electron chi connectivity index (χ1n) is 10.6. The van der Waals surface area contributed by atoms with Crippen LogP contribution in [0.5, 0.6) is 0 Å². The summed E-state index contributed by atoms with van der Waals surface area (Å²) in [7, 11) is 0. The average molecular weight is 597 g/mol. The fourth-order valence-electron chi connectivity index (χ4n) is 3.32. The van der Waals surface area contributed by atoms with Crippen molar-refractivity contribution in [2.24, 2.45) is 5.73 Å². The van der Waals surface area contributed by atoms with E-state index in [4.69, 9.17) is 45.3 Å². The summed E-state index contributed by atoms with van der Waals surface area (Å²) in [5.74, 6) is -1.05. The first-order chi connectivity index (χ1) is 17.8. The Balaban J connectivity index is 1.85. The Morgan fingerprint density at radius 1 is 1.13 bits per heavy atom. The van der Waals surface area contributed by atoms with Crippen LogP contribution in [0.3, 0.4) is 0 Å². The highest BCUT2D eigenvalue weighted by atomic mass is 35.5. The summed E-state index contributed by atoms with van der Waals surface area (Å²) in [5, 5.41) is 16.5. The maximum Gasteiger partial charge on any atom is 0.416 e. The number of benzene rings is 2. The zero-order chi connectivity index (χ0) is 28.2. The van der Waals surface area contributed by atoms with Crippen LogP contribution in [0, 0.1) is 0 Å². The quantitative estimate of drug-likeness (QED) is 0.345. The van der Waals surface area contributed by atoms with Gasteiger partial charge in [0.25, 0.3) is 0 Å². The summed E-state index contributed by atoms with van der Waals surface area (Å²) >= 11 is 18.0. The van der Waals surface area contributed by atoms with Crippen LogP contribution in [0.1, 0.15) is 11.7 Å². The van der Waals surface area contributed by atoms with Crippen LogP contribution >= 0.6 is 34.8 Å². The second-order valence-electron chi connectivity index (χ2n) is 7.81. The van der Waals surface area contributed by atoms with Gasteiger partial charge in [-0.2, -0.15) is 13.2 Å². The third-order valence-electron chi connectivity index (χ3n) is 5.12. The Morgan fingerprint density at radius 3 is 2.39 bits per heavy atom. The lowest BCUT2D eigenvalue weighted by atomic mass is 10.1. The normalized spacial score (nSPS) is 13.1. The van der Waals surface area contributed by atoms with Gasteiger partial charge in [0, 0.05) is 16.1 Å². The lowest BCUT2D eigenvalue weighted by Crippen LogP contribution is -2.39. The van der Waals surface area contributed by atoms with E-state index in [9.17, 15) is 32.7 Å². The van der Waals surface area contributed by atoms with Gasteiger partial charge in [0.1, 0.15) is 12.6 Å². The van der Waals surface area contributed by atoms with E-state index in [0.29, 0.717) is 14.3 Å². The number of carbonyl (C=O) groups is 2. The number of aromatic nitrogens is 3. The van der Waals surface area contributed by atoms with Crippen LogP contribution < -0.4 is 16.7 Å². The van der Waals surface area contributed by atoms with Crippen molar-refractivity contribution >= 4 is 46.8 Å². The molecule has 0 aliphatic carbocycles. The number of aliphatic hydroxyl groups is 1. The molecule has 10 nitrogen and oxygen atoms in total. The van der Waals surface area contributed by atoms with Crippen LogP contribution in [0.4, 0.5) is 18.0 Å². The standard InChI is InChI=1S/C22H19Cl3F3N5O5/c23-12-6-4-11(5-7-12)19-31-33(21(37)32(19)9-16(34)22(26,27)28)10-17(35)30-8-15(38-20(29)36)13-2-1-3-14(24)18(13)25/h1-7,15-16,34H,8-10H2,(H2,29,36)(H,30,35). The van der Waals surface area contributed by atoms with Crippen molar-refractivity contribution < 1.29 is 32.6 Å². The number of rotatable bonds is 9. The Labute approximate surface area is 227 Å². The van der Waals surface area contributed by atoms with Crippen molar-refractivity contribution in [3.8, 4) is 11.4 Å². The van der Waals surface area contributed by atoms with Crippen LogP contribution in [-0.2, 0) is 22.6 Å². The zero-order valence-corrected chi connectivity index (χ0v) is 21.4. The maximum atomic E-state index is 13.0. The number of nitrogens with one attached hydrogen (secondary N) is 1. The molecule has 0 bridgehead atoms. The Morgan fingerprint density at radius 2 is 1.79 bits per heavy atom. The summed E-state index contributed by atoms with van der Waals surface area (Å²) in [4.78, 5) is 36.9. The minimum Gasteiger partial charge on any atom is -0.440 e. The van der Waals surface area contributed by atoms with Crippen molar-refractivity contribution in [1.29, 1.82) is 0 Å². The summed E-state index contributed by atoms with van der Waals surface area (Å²) < 4.78 is 45.2. The van der Waals surface area contributed by atoms with Gasteiger partial charge in [-0.05, 0) is 30.3 Å². The molecule has 0 aliphatic heterocycles. The van der Waals surface area contributed by atoms with E-state index in [1.54, 1.807) is 0 Å². The van der Waals surface area contributed by atoms with Crippen molar-refractivity contribution in [3.05, 3.63) is 73.6 Å². The van der Waals surface area contributed by atoms with E-state index >= 15 is 0 Å². The van der Waals surface area contributed by atoms with Gasteiger partial charge >= 0.3 is 18.0 Å². The lowest BCUT2D eigenvalue weighted by molar-refractivity contribution is -0.207. The number of primary amides is 1. The molecule has 0 radical (unpaired) electrons. The summed E-state index contributed by atoms with van der Waals surface area (Å²) in [5.41, 5.74) is 4.47. The third-order valence-corrected chi connectivity index (χ3v) is 6.21. The summed E-state index contributed by atoms with van der Waals surface area (Å²) in [6, 6.07) is 10.2. The van der Waals surface area contributed by atoms with Gasteiger partial charge in [-0.1, -0.05) is 46.9 Å². The molecule has 0 spiro atoms. The van der Waals surface area contributed by atoms with Crippen molar-refractivity contribution in [2.75, 3.05) is 6.54 Å².